The van der Waals surface area contributed by atoms with Crippen LogP contribution < -0.4 is 9.64 Å². The standard InChI is InChI=1S/C31H20ClFN2O4S/c32-21-10-15-24-25(16-21)40-31(34-24)35-27(19-8-13-23(14-9-19)39-17-18-4-2-1-3-5-18)26(29(37)30(35)38)28(36)20-6-11-22(33)12-7-20/h1-16,27,36H,17H2/b28-26+. The SMILES string of the molecule is O=C1C(=O)N(c2nc3ccc(Cl)cc3s2)C(c2ccc(OCc3ccccc3)cc2)/C1=C(\O)c1ccc(F)cc1. The molecule has 4 aromatic carbocycles. The Bertz CT molecular complexity index is 1770. The van der Waals surface area contributed by atoms with E-state index in [1.807, 2.05) is 30.3 Å². The molecule has 0 bridgehead atoms. The zero-order valence-corrected chi connectivity index (χ0v) is 22.3. The molecule has 2 heterocycles. The van der Waals surface area contributed by atoms with Crippen LogP contribution in [0.2, 0.25) is 5.02 Å². The van der Waals surface area contributed by atoms with Crippen LogP contribution in [-0.4, -0.2) is 21.8 Å². The first-order chi connectivity index (χ1) is 19.4. The van der Waals surface area contributed by atoms with Crippen molar-refractivity contribution in [3.63, 3.8) is 0 Å². The Balaban J connectivity index is 1.43. The summed E-state index contributed by atoms with van der Waals surface area (Å²) < 4.78 is 20.2. The molecule has 198 valence electrons. The molecule has 1 aromatic heterocycles. The molecule has 1 aliphatic rings. The van der Waals surface area contributed by atoms with Crippen molar-refractivity contribution in [3.05, 3.63) is 130 Å². The second kappa shape index (κ2) is 10.6. The van der Waals surface area contributed by atoms with E-state index >= 15 is 0 Å². The van der Waals surface area contributed by atoms with Crippen LogP contribution in [0.3, 0.4) is 0 Å². The average molecular weight is 571 g/mol. The van der Waals surface area contributed by atoms with Crippen LogP contribution in [0.1, 0.15) is 22.7 Å². The summed E-state index contributed by atoms with van der Waals surface area (Å²) >= 11 is 7.36. The van der Waals surface area contributed by atoms with Gasteiger partial charge in [0.15, 0.2) is 5.13 Å². The highest BCUT2D eigenvalue weighted by Crippen LogP contribution is 2.44. The lowest BCUT2D eigenvalue weighted by Crippen LogP contribution is -2.29. The molecule has 0 saturated carbocycles. The van der Waals surface area contributed by atoms with Gasteiger partial charge in [0.05, 0.1) is 21.8 Å². The Hall–Kier alpha value is -4.53. The van der Waals surface area contributed by atoms with Gasteiger partial charge in [0.25, 0.3) is 5.78 Å². The number of halogens is 2. The van der Waals surface area contributed by atoms with Crippen molar-refractivity contribution < 1.29 is 23.8 Å². The van der Waals surface area contributed by atoms with Crippen LogP contribution in [0.4, 0.5) is 9.52 Å². The minimum Gasteiger partial charge on any atom is -0.507 e. The number of carbonyl (C=O) groups excluding carboxylic acids is 2. The number of thiazole rings is 1. The summed E-state index contributed by atoms with van der Waals surface area (Å²) in [5, 5.41) is 12.0. The van der Waals surface area contributed by atoms with E-state index < -0.39 is 29.3 Å². The van der Waals surface area contributed by atoms with E-state index in [1.165, 1.54) is 40.5 Å². The molecule has 0 aliphatic carbocycles. The van der Waals surface area contributed by atoms with Gasteiger partial charge in [-0.3, -0.25) is 14.5 Å². The summed E-state index contributed by atoms with van der Waals surface area (Å²) in [6.07, 6.45) is 0. The first kappa shape index (κ1) is 25.7. The van der Waals surface area contributed by atoms with Gasteiger partial charge in [0.1, 0.15) is 23.9 Å². The van der Waals surface area contributed by atoms with Gasteiger partial charge in [0, 0.05) is 10.6 Å². The molecular formula is C31H20ClFN2O4S. The number of aliphatic hydroxyl groups is 1. The normalized spacial score (nSPS) is 16.6. The molecule has 1 atom stereocenters. The zero-order chi connectivity index (χ0) is 27.8. The van der Waals surface area contributed by atoms with E-state index in [9.17, 15) is 19.1 Å². The zero-order valence-electron chi connectivity index (χ0n) is 20.8. The van der Waals surface area contributed by atoms with Gasteiger partial charge < -0.3 is 9.84 Å². The van der Waals surface area contributed by atoms with Crippen LogP contribution in [-0.2, 0) is 16.2 Å². The Morgan fingerprint density at radius 2 is 1.70 bits per heavy atom. The number of aliphatic hydroxyl groups excluding tert-OH is 1. The number of fused-ring (bicyclic) bond motifs is 1. The Morgan fingerprint density at radius 1 is 0.975 bits per heavy atom. The number of rotatable bonds is 6. The summed E-state index contributed by atoms with van der Waals surface area (Å²) in [5.74, 6) is -2.00. The molecule has 1 amide bonds. The topological polar surface area (TPSA) is 79.7 Å². The molecule has 6 rings (SSSR count). The fraction of sp³-hybridized carbons (Fsp3) is 0.0645. The van der Waals surface area contributed by atoms with Crippen LogP contribution >= 0.6 is 22.9 Å². The predicted molar refractivity (Wildman–Crippen MR) is 153 cm³/mol. The molecular weight excluding hydrogens is 551 g/mol. The maximum absolute atomic E-state index is 13.6. The molecule has 1 aliphatic heterocycles. The fourth-order valence-corrected chi connectivity index (χ4v) is 5.85. The van der Waals surface area contributed by atoms with Crippen molar-refractivity contribution in [3.8, 4) is 5.75 Å². The predicted octanol–water partition coefficient (Wildman–Crippen LogP) is 7.29. The van der Waals surface area contributed by atoms with Gasteiger partial charge in [-0.05, 0) is 65.7 Å². The van der Waals surface area contributed by atoms with E-state index in [0.29, 0.717) is 28.5 Å². The second-order valence-corrected chi connectivity index (χ2v) is 10.6. The van der Waals surface area contributed by atoms with Crippen LogP contribution in [0.5, 0.6) is 5.75 Å². The smallest absolute Gasteiger partial charge is 0.301 e. The lowest BCUT2D eigenvalue weighted by Gasteiger charge is -2.23. The summed E-state index contributed by atoms with van der Waals surface area (Å²) in [6, 6.07) is 25.9. The number of aromatic nitrogens is 1. The number of ether oxygens (including phenoxy) is 1. The minimum atomic E-state index is -0.982. The minimum absolute atomic E-state index is 0.119. The maximum atomic E-state index is 13.6. The first-order valence-corrected chi connectivity index (χ1v) is 13.5. The number of carbonyl (C=O) groups is 2. The highest BCUT2D eigenvalue weighted by molar-refractivity contribution is 7.22. The van der Waals surface area contributed by atoms with Gasteiger partial charge in [0.2, 0.25) is 0 Å². The number of Topliss-reactive ketones (excluding diaryl/α,β-unsaturated/α-hetero) is 1. The first-order valence-electron chi connectivity index (χ1n) is 12.3. The van der Waals surface area contributed by atoms with Crippen molar-refractivity contribution in [2.24, 2.45) is 0 Å². The monoisotopic (exact) mass is 570 g/mol. The highest BCUT2D eigenvalue weighted by atomic mass is 35.5. The summed E-state index contributed by atoms with van der Waals surface area (Å²) in [6.45, 7) is 0.373. The van der Waals surface area contributed by atoms with Crippen molar-refractivity contribution in [1.29, 1.82) is 0 Å². The summed E-state index contributed by atoms with van der Waals surface area (Å²) in [7, 11) is 0. The van der Waals surface area contributed by atoms with Crippen molar-refractivity contribution in [2.45, 2.75) is 12.6 Å². The average Bonchev–Trinajstić information content (AvgIpc) is 3.50. The van der Waals surface area contributed by atoms with Gasteiger partial charge in [-0.15, -0.1) is 0 Å². The molecule has 9 heteroatoms. The number of amides is 1. The fourth-order valence-electron chi connectivity index (χ4n) is 4.59. The Morgan fingerprint density at radius 3 is 2.42 bits per heavy atom. The van der Waals surface area contributed by atoms with E-state index in [0.717, 1.165) is 10.3 Å². The molecule has 1 fully saturated rings. The van der Waals surface area contributed by atoms with Crippen molar-refractivity contribution in [2.75, 3.05) is 4.90 Å². The van der Waals surface area contributed by atoms with Gasteiger partial charge in [-0.25, -0.2) is 9.37 Å². The third-order valence-electron chi connectivity index (χ3n) is 6.55. The van der Waals surface area contributed by atoms with Crippen LogP contribution in [0, 0.1) is 5.82 Å². The molecule has 5 aromatic rings. The lowest BCUT2D eigenvalue weighted by atomic mass is 9.95. The van der Waals surface area contributed by atoms with E-state index in [-0.39, 0.29) is 16.3 Å². The van der Waals surface area contributed by atoms with E-state index in [2.05, 4.69) is 4.98 Å². The number of hydrogen-bond acceptors (Lipinski definition) is 6. The number of nitrogens with zero attached hydrogens (tertiary/aromatic N) is 2. The number of benzene rings is 4. The maximum Gasteiger partial charge on any atom is 0.301 e. The lowest BCUT2D eigenvalue weighted by molar-refractivity contribution is -0.132. The largest absolute Gasteiger partial charge is 0.507 e. The number of hydrogen-bond donors (Lipinski definition) is 1. The highest BCUT2D eigenvalue weighted by Gasteiger charge is 2.48. The second-order valence-electron chi connectivity index (χ2n) is 9.13. The molecule has 1 unspecified atom stereocenters. The summed E-state index contributed by atoms with van der Waals surface area (Å²) in [5.41, 5.74) is 2.28. The quantitative estimate of drug-likeness (QED) is 0.132. The van der Waals surface area contributed by atoms with Crippen LogP contribution in [0.25, 0.3) is 16.0 Å². The van der Waals surface area contributed by atoms with Gasteiger partial charge >= 0.3 is 5.91 Å². The van der Waals surface area contributed by atoms with E-state index in [1.54, 1.807) is 42.5 Å². The van der Waals surface area contributed by atoms with Crippen molar-refractivity contribution in [1.82, 2.24) is 4.98 Å². The molecule has 1 saturated heterocycles. The molecule has 0 radical (unpaired) electrons. The van der Waals surface area contributed by atoms with Crippen LogP contribution in [0.15, 0.2) is 103 Å². The Kier molecular flexibility index (Phi) is 6.79. The third kappa shape index (κ3) is 4.83. The number of anilines is 1. The molecule has 40 heavy (non-hydrogen) atoms. The number of ketones is 1. The van der Waals surface area contributed by atoms with Gasteiger partial charge in [-0.1, -0.05) is 65.4 Å². The molecule has 6 nitrogen and oxygen atoms in total. The summed E-state index contributed by atoms with van der Waals surface area (Å²) in [4.78, 5) is 32.7. The molecule has 1 N–H and O–H groups in total. The third-order valence-corrected chi connectivity index (χ3v) is 7.80. The van der Waals surface area contributed by atoms with E-state index in [4.69, 9.17) is 16.3 Å². The molecule has 0 spiro atoms. The van der Waals surface area contributed by atoms with Gasteiger partial charge in [-0.2, -0.15) is 0 Å². The Labute approximate surface area is 237 Å². The van der Waals surface area contributed by atoms with Crippen molar-refractivity contribution >= 4 is 55.7 Å².